The lowest BCUT2D eigenvalue weighted by atomic mass is 10.0. The van der Waals surface area contributed by atoms with E-state index < -0.39 is 0 Å². The minimum absolute atomic E-state index is 0.103. The molecule has 1 unspecified atom stereocenters. The Kier molecular flexibility index (Phi) is 4.69. The largest absolute Gasteiger partial charge is 0.309 e. The molecule has 98 valence electrons. The fourth-order valence-electron chi connectivity index (χ4n) is 2.16. The Hall–Kier alpha value is -0.100. The van der Waals surface area contributed by atoms with Crippen molar-refractivity contribution in [1.82, 2.24) is 5.32 Å². The molecule has 1 N–H and O–H groups in total. The topological polar surface area (TPSA) is 32.3 Å². The molecule has 6 heteroatoms. The van der Waals surface area contributed by atoms with Gasteiger partial charge in [-0.2, -0.15) is 0 Å². The van der Waals surface area contributed by atoms with E-state index in [0.717, 1.165) is 34.0 Å². The Bertz CT molecular complexity index is 458. The van der Waals surface area contributed by atoms with Crippen LogP contribution in [0.3, 0.4) is 0 Å². The zero-order valence-corrected chi connectivity index (χ0v) is 13.8. The summed E-state index contributed by atoms with van der Waals surface area (Å²) in [6, 6.07) is 3.50. The highest BCUT2D eigenvalue weighted by molar-refractivity contribution is 9.11. The number of carbonyl (C=O) groups excluding carboxylic acids is 1. The van der Waals surface area contributed by atoms with Gasteiger partial charge in [0.1, 0.15) is 0 Å². The van der Waals surface area contributed by atoms with Crippen LogP contribution in [-0.4, -0.2) is 25.5 Å². The number of anilines is 1. The molecule has 1 aliphatic rings. The molecule has 0 radical (unpaired) electrons. The standard InChI is InChI=1S/C12H13Br2ClN2O/c1-16-10-3-2-4-17(12(10)18)11-8(13)5-7(15)6-9(11)14/h5-6,10,16H,2-4H2,1H3. The third-order valence-corrected chi connectivity index (χ3v) is 4.47. The second-order valence-corrected chi connectivity index (χ2v) is 6.34. The van der Waals surface area contributed by atoms with E-state index >= 15 is 0 Å². The number of halogens is 3. The average molecular weight is 397 g/mol. The fraction of sp³-hybridized carbons (Fsp3) is 0.417. The molecule has 0 aromatic heterocycles. The van der Waals surface area contributed by atoms with Crippen LogP contribution in [0.4, 0.5) is 5.69 Å². The van der Waals surface area contributed by atoms with E-state index in [1.807, 2.05) is 7.05 Å². The third kappa shape index (κ3) is 2.74. The SMILES string of the molecule is CNC1CCCN(c2c(Br)cc(Cl)cc2Br)C1=O. The van der Waals surface area contributed by atoms with Crippen molar-refractivity contribution in [3.63, 3.8) is 0 Å². The van der Waals surface area contributed by atoms with Gasteiger partial charge in [0.2, 0.25) is 5.91 Å². The molecule has 1 amide bonds. The van der Waals surface area contributed by atoms with Gasteiger partial charge in [0, 0.05) is 20.5 Å². The van der Waals surface area contributed by atoms with E-state index in [-0.39, 0.29) is 11.9 Å². The zero-order valence-electron chi connectivity index (χ0n) is 9.84. The molecule has 1 saturated heterocycles. The van der Waals surface area contributed by atoms with Crippen molar-refractivity contribution < 1.29 is 4.79 Å². The number of nitrogens with one attached hydrogen (secondary N) is 1. The number of hydrogen-bond donors (Lipinski definition) is 1. The van der Waals surface area contributed by atoms with Gasteiger partial charge >= 0.3 is 0 Å². The molecule has 0 saturated carbocycles. The molecule has 0 spiro atoms. The molecule has 18 heavy (non-hydrogen) atoms. The Morgan fingerprint density at radius 1 is 1.39 bits per heavy atom. The van der Waals surface area contributed by atoms with E-state index in [9.17, 15) is 4.79 Å². The molecule has 1 atom stereocenters. The van der Waals surface area contributed by atoms with E-state index in [0.29, 0.717) is 5.02 Å². The van der Waals surface area contributed by atoms with Crippen LogP contribution in [0.25, 0.3) is 0 Å². The predicted molar refractivity (Wildman–Crippen MR) is 81.3 cm³/mol. The van der Waals surface area contributed by atoms with Crippen molar-refractivity contribution in [2.24, 2.45) is 0 Å². The van der Waals surface area contributed by atoms with Gasteiger partial charge in [-0.1, -0.05) is 11.6 Å². The second-order valence-electron chi connectivity index (χ2n) is 4.19. The minimum Gasteiger partial charge on any atom is -0.309 e. The van der Waals surface area contributed by atoms with Crippen molar-refractivity contribution >= 4 is 55.1 Å². The number of nitrogens with zero attached hydrogens (tertiary/aromatic N) is 1. The Morgan fingerprint density at radius 2 is 2.00 bits per heavy atom. The van der Waals surface area contributed by atoms with Gasteiger partial charge in [0.15, 0.2) is 0 Å². The van der Waals surface area contributed by atoms with Crippen LogP contribution in [0.2, 0.25) is 5.02 Å². The summed E-state index contributed by atoms with van der Waals surface area (Å²) >= 11 is 12.9. The number of rotatable bonds is 2. The summed E-state index contributed by atoms with van der Waals surface area (Å²) in [6.07, 6.45) is 1.87. The number of amides is 1. The summed E-state index contributed by atoms with van der Waals surface area (Å²) in [7, 11) is 1.82. The third-order valence-electron chi connectivity index (χ3n) is 3.04. The Morgan fingerprint density at radius 3 is 2.56 bits per heavy atom. The van der Waals surface area contributed by atoms with Crippen LogP contribution in [-0.2, 0) is 4.79 Å². The van der Waals surface area contributed by atoms with Crippen molar-refractivity contribution in [3.05, 3.63) is 26.1 Å². The Labute approximate surface area is 128 Å². The molecule has 0 bridgehead atoms. The van der Waals surface area contributed by atoms with Crippen molar-refractivity contribution in [2.75, 3.05) is 18.5 Å². The van der Waals surface area contributed by atoms with Gasteiger partial charge in [0.25, 0.3) is 0 Å². The molecule has 3 nitrogen and oxygen atoms in total. The highest BCUT2D eigenvalue weighted by Gasteiger charge is 2.30. The number of likely N-dealkylation sites (N-methyl/N-ethyl adjacent to an activating group) is 1. The maximum atomic E-state index is 12.3. The minimum atomic E-state index is -0.103. The van der Waals surface area contributed by atoms with Crippen LogP contribution in [0.1, 0.15) is 12.8 Å². The van der Waals surface area contributed by atoms with Crippen LogP contribution in [0.5, 0.6) is 0 Å². The first-order chi connectivity index (χ1) is 8.54. The summed E-state index contributed by atoms with van der Waals surface area (Å²) < 4.78 is 1.65. The molecule has 1 aliphatic heterocycles. The fourth-order valence-corrected chi connectivity index (χ4v) is 4.25. The van der Waals surface area contributed by atoms with Crippen LogP contribution < -0.4 is 10.2 Å². The quantitative estimate of drug-likeness (QED) is 0.829. The van der Waals surface area contributed by atoms with Gasteiger partial charge in [-0.05, 0) is 63.9 Å². The smallest absolute Gasteiger partial charge is 0.244 e. The van der Waals surface area contributed by atoms with Crippen LogP contribution in [0.15, 0.2) is 21.1 Å². The van der Waals surface area contributed by atoms with Gasteiger partial charge in [-0.25, -0.2) is 0 Å². The normalized spacial score (nSPS) is 20.3. The zero-order chi connectivity index (χ0) is 13.3. The summed E-state index contributed by atoms with van der Waals surface area (Å²) in [5.74, 6) is 0.104. The molecule has 1 aromatic carbocycles. The molecule has 0 aliphatic carbocycles. The number of hydrogen-bond acceptors (Lipinski definition) is 2. The van der Waals surface area contributed by atoms with E-state index in [2.05, 4.69) is 37.2 Å². The van der Waals surface area contributed by atoms with E-state index in [4.69, 9.17) is 11.6 Å². The molecule has 2 rings (SSSR count). The molecule has 1 fully saturated rings. The second kappa shape index (κ2) is 5.90. The number of benzene rings is 1. The lowest BCUT2D eigenvalue weighted by molar-refractivity contribution is -0.121. The lowest BCUT2D eigenvalue weighted by Crippen LogP contribution is -2.50. The summed E-state index contributed by atoms with van der Waals surface area (Å²) in [5, 5.41) is 3.69. The Balaban J connectivity index is 2.39. The lowest BCUT2D eigenvalue weighted by Gasteiger charge is -2.33. The van der Waals surface area contributed by atoms with Gasteiger partial charge < -0.3 is 10.2 Å². The summed E-state index contributed by atoms with van der Waals surface area (Å²) in [4.78, 5) is 14.1. The maximum absolute atomic E-state index is 12.3. The number of piperidine rings is 1. The van der Waals surface area contributed by atoms with E-state index in [1.165, 1.54) is 0 Å². The first-order valence-electron chi connectivity index (χ1n) is 5.67. The highest BCUT2D eigenvalue weighted by Crippen LogP contribution is 2.38. The van der Waals surface area contributed by atoms with Crippen LogP contribution >= 0.6 is 43.5 Å². The number of carbonyl (C=O) groups is 1. The monoisotopic (exact) mass is 394 g/mol. The predicted octanol–water partition coefficient (Wildman–Crippen LogP) is 3.58. The van der Waals surface area contributed by atoms with Gasteiger partial charge in [0.05, 0.1) is 11.7 Å². The first kappa shape index (κ1) is 14.3. The van der Waals surface area contributed by atoms with Crippen molar-refractivity contribution in [1.29, 1.82) is 0 Å². The summed E-state index contributed by atoms with van der Waals surface area (Å²) in [5.41, 5.74) is 0.851. The highest BCUT2D eigenvalue weighted by atomic mass is 79.9. The molecule has 1 aromatic rings. The maximum Gasteiger partial charge on any atom is 0.244 e. The van der Waals surface area contributed by atoms with Crippen LogP contribution in [0, 0.1) is 0 Å². The van der Waals surface area contributed by atoms with Gasteiger partial charge in [-0.15, -0.1) is 0 Å². The van der Waals surface area contributed by atoms with Crippen molar-refractivity contribution in [2.45, 2.75) is 18.9 Å². The molecule has 1 heterocycles. The van der Waals surface area contributed by atoms with E-state index in [1.54, 1.807) is 17.0 Å². The average Bonchev–Trinajstić information content (AvgIpc) is 2.30. The first-order valence-corrected chi connectivity index (χ1v) is 7.64. The molecular formula is C12H13Br2ClN2O. The van der Waals surface area contributed by atoms with Crippen molar-refractivity contribution in [3.8, 4) is 0 Å². The van der Waals surface area contributed by atoms with Gasteiger partial charge in [-0.3, -0.25) is 4.79 Å². The summed E-state index contributed by atoms with van der Waals surface area (Å²) in [6.45, 7) is 0.732. The molecular weight excluding hydrogens is 383 g/mol.